The number of benzene rings is 2. The molecule has 1 N–H and O–H groups in total. The Morgan fingerprint density at radius 1 is 1.04 bits per heavy atom. The number of halogens is 3. The molecule has 0 bridgehead atoms. The molecule has 1 fully saturated rings. The summed E-state index contributed by atoms with van der Waals surface area (Å²) in [6.07, 6.45) is 1.47. The van der Waals surface area contributed by atoms with Crippen LogP contribution in [0.3, 0.4) is 0 Å². The van der Waals surface area contributed by atoms with Crippen molar-refractivity contribution in [3.05, 3.63) is 57.8 Å². The summed E-state index contributed by atoms with van der Waals surface area (Å²) in [6.45, 7) is 0.697. The molecule has 5 nitrogen and oxygen atoms in total. The molecule has 0 spiro atoms. The third kappa shape index (κ3) is 3.86. The zero-order chi connectivity index (χ0) is 18.9. The van der Waals surface area contributed by atoms with Crippen molar-refractivity contribution in [2.24, 2.45) is 0 Å². The zero-order valence-electron chi connectivity index (χ0n) is 13.5. The van der Waals surface area contributed by atoms with Gasteiger partial charge in [-0.25, -0.2) is 12.8 Å². The van der Waals surface area contributed by atoms with Gasteiger partial charge in [0.25, 0.3) is 5.91 Å². The summed E-state index contributed by atoms with van der Waals surface area (Å²) in [5.41, 5.74) is 0.410. The van der Waals surface area contributed by atoms with Gasteiger partial charge in [0.1, 0.15) is 10.7 Å². The fourth-order valence-electron chi connectivity index (χ4n) is 2.69. The highest BCUT2D eigenvalue weighted by Crippen LogP contribution is 2.27. The average Bonchev–Trinajstić information content (AvgIpc) is 3.14. The van der Waals surface area contributed by atoms with E-state index in [1.807, 2.05) is 0 Å². The second kappa shape index (κ2) is 7.52. The van der Waals surface area contributed by atoms with E-state index in [2.05, 4.69) is 5.32 Å². The van der Waals surface area contributed by atoms with Crippen molar-refractivity contribution in [3.63, 3.8) is 0 Å². The first kappa shape index (κ1) is 19.1. The summed E-state index contributed by atoms with van der Waals surface area (Å²) in [5.74, 6) is -1.47. The number of nitrogens with zero attached hydrogens (tertiary/aromatic N) is 1. The Bertz CT molecular complexity index is 960. The second-order valence-corrected chi connectivity index (χ2v) is 8.56. The Balaban J connectivity index is 1.89. The predicted molar refractivity (Wildman–Crippen MR) is 98.8 cm³/mol. The molecule has 2 aromatic rings. The molecule has 9 heteroatoms. The molecule has 0 saturated carbocycles. The molecule has 26 heavy (non-hydrogen) atoms. The molecule has 3 rings (SSSR count). The third-order valence-electron chi connectivity index (χ3n) is 4.05. The molecule has 0 aromatic heterocycles. The number of amides is 1. The zero-order valence-corrected chi connectivity index (χ0v) is 15.8. The summed E-state index contributed by atoms with van der Waals surface area (Å²) in [5, 5.41) is 3.18. The second-order valence-electron chi connectivity index (χ2n) is 5.84. The maximum Gasteiger partial charge on any atom is 0.255 e. The molecule has 138 valence electrons. The van der Waals surface area contributed by atoms with E-state index in [0.29, 0.717) is 23.8 Å². The van der Waals surface area contributed by atoms with Gasteiger partial charge >= 0.3 is 0 Å². The normalized spacial score (nSPS) is 15.2. The number of sulfonamides is 1. The van der Waals surface area contributed by atoms with E-state index in [-0.39, 0.29) is 10.6 Å². The largest absolute Gasteiger partial charge is 0.322 e. The first-order valence-electron chi connectivity index (χ1n) is 7.85. The summed E-state index contributed by atoms with van der Waals surface area (Å²) in [4.78, 5) is 11.9. The van der Waals surface area contributed by atoms with Gasteiger partial charge in [-0.3, -0.25) is 4.79 Å². The van der Waals surface area contributed by atoms with Gasteiger partial charge < -0.3 is 5.32 Å². The van der Waals surface area contributed by atoms with Crippen LogP contribution in [0.2, 0.25) is 10.0 Å². The van der Waals surface area contributed by atoms with Gasteiger partial charge in [0.2, 0.25) is 10.0 Å². The highest BCUT2D eigenvalue weighted by molar-refractivity contribution is 7.89. The topological polar surface area (TPSA) is 66.5 Å². The number of rotatable bonds is 4. The van der Waals surface area contributed by atoms with Crippen molar-refractivity contribution < 1.29 is 17.6 Å². The average molecular weight is 417 g/mol. The van der Waals surface area contributed by atoms with Crippen LogP contribution in [0, 0.1) is 5.82 Å². The Morgan fingerprint density at radius 2 is 1.73 bits per heavy atom. The highest BCUT2D eigenvalue weighted by atomic mass is 35.5. The molecule has 2 aromatic carbocycles. The lowest BCUT2D eigenvalue weighted by atomic mass is 10.2. The molecule has 1 heterocycles. The summed E-state index contributed by atoms with van der Waals surface area (Å²) < 4.78 is 40.6. The van der Waals surface area contributed by atoms with Crippen molar-refractivity contribution in [3.8, 4) is 0 Å². The number of hydrogen-bond acceptors (Lipinski definition) is 3. The minimum Gasteiger partial charge on any atom is -0.322 e. The molecule has 1 aliphatic heterocycles. The first-order valence-corrected chi connectivity index (χ1v) is 10.0. The van der Waals surface area contributed by atoms with Crippen LogP contribution in [0.1, 0.15) is 23.2 Å². The van der Waals surface area contributed by atoms with E-state index >= 15 is 0 Å². The number of carbonyl (C=O) groups is 1. The van der Waals surface area contributed by atoms with Crippen LogP contribution in [0.4, 0.5) is 10.1 Å². The maximum absolute atomic E-state index is 14.1. The van der Waals surface area contributed by atoms with E-state index in [0.717, 1.165) is 25.0 Å². The number of hydrogen-bond donors (Lipinski definition) is 1. The Kier molecular flexibility index (Phi) is 5.53. The standard InChI is InChI=1S/C17H15Cl2FN2O3S/c18-13-5-4-12(10-14(13)19)21-17(23)11-3-6-15(20)16(9-11)26(24,25)22-7-1-2-8-22/h3-6,9-10H,1-2,7-8H2,(H,21,23). The van der Waals surface area contributed by atoms with E-state index in [1.165, 1.54) is 22.5 Å². The lowest BCUT2D eigenvalue weighted by Crippen LogP contribution is -2.29. The van der Waals surface area contributed by atoms with Crippen molar-refractivity contribution in [1.82, 2.24) is 4.31 Å². The summed E-state index contributed by atoms with van der Waals surface area (Å²) >= 11 is 11.7. The predicted octanol–water partition coefficient (Wildman–Crippen LogP) is 4.17. The molecule has 0 atom stereocenters. The minimum absolute atomic E-state index is 0.0234. The van der Waals surface area contributed by atoms with Crippen molar-refractivity contribution in [1.29, 1.82) is 0 Å². The Morgan fingerprint density at radius 3 is 2.38 bits per heavy atom. The van der Waals surface area contributed by atoms with Gasteiger partial charge in [0.05, 0.1) is 10.0 Å². The van der Waals surface area contributed by atoms with Crippen LogP contribution < -0.4 is 5.32 Å². The monoisotopic (exact) mass is 416 g/mol. The lowest BCUT2D eigenvalue weighted by molar-refractivity contribution is 0.102. The molecule has 0 aliphatic carbocycles. The molecule has 1 amide bonds. The lowest BCUT2D eigenvalue weighted by Gasteiger charge is -2.16. The molecular formula is C17H15Cl2FN2O3S. The van der Waals surface area contributed by atoms with E-state index in [9.17, 15) is 17.6 Å². The van der Waals surface area contributed by atoms with Crippen molar-refractivity contribution in [2.75, 3.05) is 18.4 Å². The molecule has 1 saturated heterocycles. The van der Waals surface area contributed by atoms with Gasteiger partial charge in [-0.1, -0.05) is 23.2 Å². The Hall–Kier alpha value is -1.67. The number of nitrogens with one attached hydrogen (secondary N) is 1. The van der Waals surface area contributed by atoms with E-state index in [4.69, 9.17) is 23.2 Å². The van der Waals surface area contributed by atoms with Gasteiger partial charge in [0.15, 0.2) is 0 Å². The fraction of sp³-hybridized carbons (Fsp3) is 0.235. The molecule has 0 unspecified atom stereocenters. The van der Waals surface area contributed by atoms with Crippen LogP contribution >= 0.6 is 23.2 Å². The quantitative estimate of drug-likeness (QED) is 0.812. The maximum atomic E-state index is 14.1. The van der Waals surface area contributed by atoms with E-state index in [1.54, 1.807) is 6.07 Å². The highest BCUT2D eigenvalue weighted by Gasteiger charge is 2.30. The number of anilines is 1. The third-order valence-corrected chi connectivity index (χ3v) is 6.71. The van der Waals surface area contributed by atoms with Crippen LogP contribution in [-0.4, -0.2) is 31.7 Å². The summed E-state index contributed by atoms with van der Waals surface area (Å²) in [7, 11) is -3.97. The number of carbonyl (C=O) groups excluding carboxylic acids is 1. The van der Waals surface area contributed by atoms with Crippen LogP contribution in [0.25, 0.3) is 0 Å². The van der Waals surface area contributed by atoms with E-state index < -0.39 is 26.6 Å². The molecule has 0 radical (unpaired) electrons. The van der Waals surface area contributed by atoms with Crippen LogP contribution in [-0.2, 0) is 10.0 Å². The summed E-state index contributed by atoms with van der Waals surface area (Å²) in [6, 6.07) is 7.80. The fourth-order valence-corrected chi connectivity index (χ4v) is 4.59. The van der Waals surface area contributed by atoms with Crippen LogP contribution in [0.15, 0.2) is 41.3 Å². The van der Waals surface area contributed by atoms with Gasteiger partial charge in [0, 0.05) is 24.3 Å². The Labute approximate surface area is 160 Å². The van der Waals surface area contributed by atoms with Crippen molar-refractivity contribution in [2.45, 2.75) is 17.7 Å². The molecule has 1 aliphatic rings. The van der Waals surface area contributed by atoms with Gasteiger partial charge in [-0.15, -0.1) is 0 Å². The van der Waals surface area contributed by atoms with Gasteiger partial charge in [-0.05, 0) is 49.2 Å². The van der Waals surface area contributed by atoms with Crippen LogP contribution in [0.5, 0.6) is 0 Å². The van der Waals surface area contributed by atoms with Crippen molar-refractivity contribution >= 4 is 44.8 Å². The SMILES string of the molecule is O=C(Nc1ccc(Cl)c(Cl)c1)c1ccc(F)c(S(=O)(=O)N2CCCC2)c1. The minimum atomic E-state index is -3.97. The smallest absolute Gasteiger partial charge is 0.255 e. The first-order chi connectivity index (χ1) is 12.3. The van der Waals surface area contributed by atoms with Gasteiger partial charge in [-0.2, -0.15) is 4.31 Å². The molecular weight excluding hydrogens is 402 g/mol.